The van der Waals surface area contributed by atoms with Gasteiger partial charge in [0.1, 0.15) is 11.5 Å². The molecule has 2 aromatic rings. The quantitative estimate of drug-likeness (QED) is 0.772. The van der Waals surface area contributed by atoms with Crippen molar-refractivity contribution in [2.24, 2.45) is 0 Å². The molecule has 0 saturated carbocycles. The molecule has 2 aromatic carbocycles. The number of ether oxygens (including phenoxy) is 2. The highest BCUT2D eigenvalue weighted by atomic mass is 19.3. The van der Waals surface area contributed by atoms with Crippen LogP contribution in [0.3, 0.4) is 0 Å². The molecule has 2 nitrogen and oxygen atoms in total. The van der Waals surface area contributed by atoms with Gasteiger partial charge in [0.05, 0.1) is 0 Å². The summed E-state index contributed by atoms with van der Waals surface area (Å²) in [5.74, 6) is -0.0437. The van der Waals surface area contributed by atoms with Crippen LogP contribution in [0.5, 0.6) is 11.5 Å². The Kier molecular flexibility index (Phi) is 3.55. The fraction of sp³-hybridized carbons (Fsp3) is 0.167. The Morgan fingerprint density at radius 2 is 1.56 bits per heavy atom. The lowest BCUT2D eigenvalue weighted by molar-refractivity contribution is -0.0498. The average molecular weight is 260 g/mol. The average Bonchev–Trinajstić information content (AvgIpc) is 2.27. The molecule has 2 rings (SSSR count). The molecule has 0 amide bonds. The van der Waals surface area contributed by atoms with Gasteiger partial charge in [0.2, 0.25) is 0 Å². The van der Waals surface area contributed by atoms with Crippen molar-refractivity contribution in [2.45, 2.75) is 13.2 Å². The van der Waals surface area contributed by atoms with Crippen molar-refractivity contribution in [3.8, 4) is 11.5 Å². The van der Waals surface area contributed by atoms with E-state index < -0.39 is 13.2 Å². The summed E-state index contributed by atoms with van der Waals surface area (Å²) in [6.07, 6.45) is 0. The molecule has 0 N–H and O–H groups in total. The van der Waals surface area contributed by atoms with Crippen molar-refractivity contribution in [3.05, 3.63) is 36.4 Å². The second kappa shape index (κ2) is 5.12. The largest absolute Gasteiger partial charge is 0.435 e. The standard InChI is InChI=1S/C12H8F4O2/c13-11(14)17-8-4-5-9-7(6-8)2-1-3-10(9)18-12(15)16/h1-6,11-12H. The molecule has 0 aliphatic carbocycles. The highest BCUT2D eigenvalue weighted by Crippen LogP contribution is 2.30. The summed E-state index contributed by atoms with van der Waals surface area (Å²) >= 11 is 0. The van der Waals surface area contributed by atoms with Gasteiger partial charge in [-0.25, -0.2) is 0 Å². The number of fused-ring (bicyclic) bond motifs is 1. The maximum absolute atomic E-state index is 12.2. The summed E-state index contributed by atoms with van der Waals surface area (Å²) in [6.45, 7) is -5.87. The van der Waals surface area contributed by atoms with Gasteiger partial charge in [-0.3, -0.25) is 0 Å². The third-order valence-corrected chi connectivity index (χ3v) is 2.25. The number of hydrogen-bond acceptors (Lipinski definition) is 2. The number of alkyl halides is 4. The van der Waals surface area contributed by atoms with E-state index in [0.717, 1.165) is 0 Å². The van der Waals surface area contributed by atoms with Crippen LogP contribution in [0.4, 0.5) is 17.6 Å². The molecule has 96 valence electrons. The van der Waals surface area contributed by atoms with E-state index >= 15 is 0 Å². The molecule has 0 radical (unpaired) electrons. The SMILES string of the molecule is FC(F)Oc1ccc2c(OC(F)F)cccc2c1. The molecule has 0 bridgehead atoms. The molecule has 6 heteroatoms. The molecule has 0 spiro atoms. The van der Waals surface area contributed by atoms with E-state index in [1.54, 1.807) is 6.07 Å². The van der Waals surface area contributed by atoms with Gasteiger partial charge in [-0.15, -0.1) is 0 Å². The third kappa shape index (κ3) is 2.82. The van der Waals surface area contributed by atoms with Crippen molar-refractivity contribution in [3.63, 3.8) is 0 Å². The van der Waals surface area contributed by atoms with Gasteiger partial charge in [0.15, 0.2) is 0 Å². The van der Waals surface area contributed by atoms with Gasteiger partial charge in [0, 0.05) is 5.39 Å². The van der Waals surface area contributed by atoms with Crippen LogP contribution in [0.25, 0.3) is 10.8 Å². The van der Waals surface area contributed by atoms with Crippen LogP contribution >= 0.6 is 0 Å². The number of hydrogen-bond donors (Lipinski definition) is 0. The Morgan fingerprint density at radius 3 is 2.22 bits per heavy atom. The first-order valence-electron chi connectivity index (χ1n) is 4.98. The second-order valence-corrected chi connectivity index (χ2v) is 3.40. The maximum Gasteiger partial charge on any atom is 0.387 e. The monoisotopic (exact) mass is 260 g/mol. The molecule has 0 aliphatic rings. The molecule has 0 aliphatic heterocycles. The molecular weight excluding hydrogens is 252 g/mol. The van der Waals surface area contributed by atoms with Crippen LogP contribution in [0.15, 0.2) is 36.4 Å². The minimum atomic E-state index is -2.94. The van der Waals surface area contributed by atoms with Crippen molar-refractivity contribution in [1.82, 2.24) is 0 Å². The Hall–Kier alpha value is -1.98. The zero-order valence-corrected chi connectivity index (χ0v) is 8.95. The molecule has 0 aromatic heterocycles. The fourth-order valence-electron chi connectivity index (χ4n) is 1.61. The van der Waals surface area contributed by atoms with Gasteiger partial charge >= 0.3 is 13.2 Å². The fourth-order valence-corrected chi connectivity index (χ4v) is 1.61. The van der Waals surface area contributed by atoms with Crippen molar-refractivity contribution in [2.75, 3.05) is 0 Å². The minimum absolute atomic E-state index is 0.00824. The smallest absolute Gasteiger partial charge is 0.387 e. The summed E-state index contributed by atoms with van der Waals surface area (Å²) in [6, 6.07) is 8.46. The summed E-state index contributed by atoms with van der Waals surface area (Å²) in [5.41, 5.74) is 0. The van der Waals surface area contributed by atoms with Gasteiger partial charge in [-0.1, -0.05) is 12.1 Å². The van der Waals surface area contributed by atoms with Crippen LogP contribution in [0.1, 0.15) is 0 Å². The lowest BCUT2D eigenvalue weighted by atomic mass is 10.1. The topological polar surface area (TPSA) is 18.5 Å². The lowest BCUT2D eigenvalue weighted by Gasteiger charge is -2.09. The predicted octanol–water partition coefficient (Wildman–Crippen LogP) is 4.04. The molecule has 0 heterocycles. The normalized spacial score (nSPS) is 11.2. The van der Waals surface area contributed by atoms with E-state index in [4.69, 9.17) is 0 Å². The number of benzene rings is 2. The molecule has 0 fully saturated rings. The molecule has 0 atom stereocenters. The first kappa shape index (κ1) is 12.5. The lowest BCUT2D eigenvalue weighted by Crippen LogP contribution is -2.03. The zero-order chi connectivity index (χ0) is 13.1. The highest BCUT2D eigenvalue weighted by molar-refractivity contribution is 5.89. The van der Waals surface area contributed by atoms with E-state index in [1.807, 2.05) is 0 Å². The second-order valence-electron chi connectivity index (χ2n) is 3.40. The Morgan fingerprint density at radius 1 is 0.833 bits per heavy atom. The van der Waals surface area contributed by atoms with Crippen LogP contribution in [0, 0.1) is 0 Å². The molecule has 18 heavy (non-hydrogen) atoms. The van der Waals surface area contributed by atoms with E-state index in [9.17, 15) is 17.6 Å². The molecule has 0 unspecified atom stereocenters. The highest BCUT2D eigenvalue weighted by Gasteiger charge is 2.10. The van der Waals surface area contributed by atoms with E-state index in [2.05, 4.69) is 9.47 Å². The summed E-state index contributed by atoms with van der Waals surface area (Å²) in [4.78, 5) is 0. The van der Waals surface area contributed by atoms with Gasteiger partial charge < -0.3 is 9.47 Å². The van der Waals surface area contributed by atoms with Crippen molar-refractivity contribution >= 4 is 10.8 Å². The van der Waals surface area contributed by atoms with E-state index in [-0.39, 0.29) is 11.5 Å². The minimum Gasteiger partial charge on any atom is -0.435 e. The van der Waals surface area contributed by atoms with Crippen LogP contribution in [0.2, 0.25) is 0 Å². The molecular formula is C12H8F4O2. The maximum atomic E-state index is 12.2. The number of halogens is 4. The Bertz CT molecular complexity index is 543. The first-order valence-corrected chi connectivity index (χ1v) is 4.98. The third-order valence-electron chi connectivity index (χ3n) is 2.25. The Labute approximate surface area is 99.7 Å². The van der Waals surface area contributed by atoms with Crippen molar-refractivity contribution < 1.29 is 27.0 Å². The Balaban J connectivity index is 2.40. The van der Waals surface area contributed by atoms with Crippen LogP contribution < -0.4 is 9.47 Å². The zero-order valence-electron chi connectivity index (χ0n) is 8.95. The van der Waals surface area contributed by atoms with Crippen LogP contribution in [-0.2, 0) is 0 Å². The van der Waals surface area contributed by atoms with Crippen LogP contribution in [-0.4, -0.2) is 13.2 Å². The number of rotatable bonds is 4. The predicted molar refractivity (Wildman–Crippen MR) is 57.2 cm³/mol. The van der Waals surface area contributed by atoms with Crippen molar-refractivity contribution in [1.29, 1.82) is 0 Å². The summed E-state index contributed by atoms with van der Waals surface area (Å²) in [5, 5.41) is 0.880. The molecule has 0 saturated heterocycles. The van der Waals surface area contributed by atoms with Gasteiger partial charge in [-0.2, -0.15) is 17.6 Å². The van der Waals surface area contributed by atoms with E-state index in [1.165, 1.54) is 30.3 Å². The summed E-state index contributed by atoms with van der Waals surface area (Å²) in [7, 11) is 0. The first-order chi connectivity index (χ1) is 8.56. The van der Waals surface area contributed by atoms with E-state index in [0.29, 0.717) is 10.8 Å². The van der Waals surface area contributed by atoms with Gasteiger partial charge in [-0.05, 0) is 29.7 Å². The summed E-state index contributed by atoms with van der Waals surface area (Å²) < 4.78 is 56.9. The van der Waals surface area contributed by atoms with Gasteiger partial charge in [0.25, 0.3) is 0 Å².